The van der Waals surface area contributed by atoms with Crippen LogP contribution in [0.4, 0.5) is 8.78 Å². The summed E-state index contributed by atoms with van der Waals surface area (Å²) in [6.07, 6.45) is 1.43. The highest BCUT2D eigenvalue weighted by molar-refractivity contribution is 7.99. The van der Waals surface area contributed by atoms with Gasteiger partial charge in [0.2, 0.25) is 0 Å². The fraction of sp³-hybridized carbons (Fsp3) is 0.400. The second-order valence-electron chi connectivity index (χ2n) is 6.38. The van der Waals surface area contributed by atoms with Crippen LogP contribution in [0.5, 0.6) is 5.75 Å². The predicted octanol–water partition coefficient (Wildman–Crippen LogP) is 3.75. The van der Waals surface area contributed by atoms with E-state index in [9.17, 15) is 13.6 Å². The molecule has 0 atom stereocenters. The number of carbonyl (C=O) groups excluding carboxylic acids is 1. The fourth-order valence-electron chi connectivity index (χ4n) is 3.13. The minimum atomic E-state index is -2.60. The Morgan fingerprint density at radius 2 is 1.89 bits per heavy atom. The van der Waals surface area contributed by atoms with Crippen molar-refractivity contribution in [2.45, 2.75) is 24.3 Å². The van der Waals surface area contributed by atoms with Crippen molar-refractivity contribution < 1.29 is 18.3 Å². The lowest BCUT2D eigenvalue weighted by atomic mass is 10.1. The summed E-state index contributed by atoms with van der Waals surface area (Å²) >= 11 is 0.312. The Kier molecular flexibility index (Phi) is 7.22. The fourth-order valence-corrected chi connectivity index (χ4v) is 3.70. The minimum Gasteiger partial charge on any atom is -0.494 e. The molecule has 0 radical (unpaired) electrons. The Hall–Kier alpha value is -2.19. The van der Waals surface area contributed by atoms with Crippen molar-refractivity contribution in [2.24, 2.45) is 0 Å². The van der Waals surface area contributed by atoms with E-state index in [4.69, 9.17) is 4.74 Å². The summed E-state index contributed by atoms with van der Waals surface area (Å²) in [5, 5.41) is 0.0827. The minimum absolute atomic E-state index is 0.0827. The van der Waals surface area contributed by atoms with Gasteiger partial charge in [0.1, 0.15) is 10.8 Å². The van der Waals surface area contributed by atoms with Crippen LogP contribution in [0.2, 0.25) is 0 Å². The van der Waals surface area contributed by atoms with E-state index in [1.165, 1.54) is 11.8 Å². The smallest absolute Gasteiger partial charge is 0.290 e. The molecule has 0 aliphatic carbocycles. The second-order valence-corrected chi connectivity index (χ2v) is 7.36. The first-order chi connectivity index (χ1) is 13.6. The number of thioether (sulfide) groups is 1. The van der Waals surface area contributed by atoms with Gasteiger partial charge in [-0.15, -0.1) is 0 Å². The number of aromatic nitrogens is 1. The molecule has 1 amide bonds. The average molecular weight is 407 g/mol. The molecule has 2 aromatic rings. The monoisotopic (exact) mass is 407 g/mol. The summed E-state index contributed by atoms with van der Waals surface area (Å²) in [5.41, 5.74) is 1.43. The van der Waals surface area contributed by atoms with Crippen LogP contribution in [0.15, 0.2) is 47.6 Å². The van der Waals surface area contributed by atoms with Gasteiger partial charge >= 0.3 is 0 Å². The molecule has 3 rings (SSSR count). The molecule has 0 saturated carbocycles. The first-order valence-corrected chi connectivity index (χ1v) is 10.1. The Morgan fingerprint density at radius 3 is 2.54 bits per heavy atom. The molecule has 0 spiro atoms. The van der Waals surface area contributed by atoms with Crippen molar-refractivity contribution >= 4 is 17.7 Å². The van der Waals surface area contributed by atoms with Crippen LogP contribution in [0.1, 0.15) is 22.8 Å². The third kappa shape index (κ3) is 5.42. The zero-order chi connectivity index (χ0) is 19.9. The number of pyridine rings is 1. The molecular weight excluding hydrogens is 384 g/mol. The topological polar surface area (TPSA) is 45.7 Å². The van der Waals surface area contributed by atoms with Crippen molar-refractivity contribution in [3.05, 3.63) is 53.7 Å². The van der Waals surface area contributed by atoms with Gasteiger partial charge in [0.15, 0.2) is 0 Å². The maximum absolute atomic E-state index is 12.8. The maximum atomic E-state index is 12.8. The van der Waals surface area contributed by atoms with Gasteiger partial charge in [-0.3, -0.25) is 9.69 Å². The predicted molar refractivity (Wildman–Crippen MR) is 105 cm³/mol. The molecule has 0 unspecified atom stereocenters. The Bertz CT molecular complexity index is 781. The van der Waals surface area contributed by atoms with Crippen LogP contribution in [0.25, 0.3) is 0 Å². The zero-order valence-electron chi connectivity index (χ0n) is 15.7. The van der Waals surface area contributed by atoms with Gasteiger partial charge in [-0.05, 0) is 48.5 Å². The number of hydrogen-bond donors (Lipinski definition) is 0. The van der Waals surface area contributed by atoms with E-state index in [1.807, 2.05) is 31.2 Å². The Morgan fingerprint density at radius 1 is 1.18 bits per heavy atom. The average Bonchev–Trinajstić information content (AvgIpc) is 2.70. The molecule has 1 aliphatic heterocycles. The standard InChI is InChI=1S/C20H23F2N3O2S/c1-2-27-16-7-5-15(6-8-16)14-24-10-12-25(13-11-24)19(26)17-4-3-9-23-18(17)28-20(21)22/h3-9,20H,2,10-14H2,1H3. The Balaban J connectivity index is 1.56. The molecule has 0 N–H and O–H groups in total. The third-order valence-corrected chi connectivity index (χ3v) is 5.23. The van der Waals surface area contributed by atoms with Crippen molar-refractivity contribution in [3.8, 4) is 5.75 Å². The summed E-state index contributed by atoms with van der Waals surface area (Å²) in [6, 6.07) is 11.2. The lowest BCUT2D eigenvalue weighted by Crippen LogP contribution is -2.48. The van der Waals surface area contributed by atoms with Gasteiger partial charge in [-0.25, -0.2) is 4.98 Å². The van der Waals surface area contributed by atoms with Crippen molar-refractivity contribution in [1.29, 1.82) is 0 Å². The maximum Gasteiger partial charge on any atom is 0.290 e. The van der Waals surface area contributed by atoms with Gasteiger partial charge in [0.25, 0.3) is 11.7 Å². The van der Waals surface area contributed by atoms with E-state index in [-0.39, 0.29) is 16.5 Å². The largest absolute Gasteiger partial charge is 0.494 e. The first kappa shape index (κ1) is 20.5. The van der Waals surface area contributed by atoms with Gasteiger partial charge < -0.3 is 9.64 Å². The molecule has 2 heterocycles. The summed E-state index contributed by atoms with van der Waals surface area (Å²) in [6.45, 7) is 5.98. The summed E-state index contributed by atoms with van der Waals surface area (Å²) in [4.78, 5) is 20.7. The molecule has 1 fully saturated rings. The number of rotatable bonds is 7. The molecule has 8 heteroatoms. The number of hydrogen-bond acceptors (Lipinski definition) is 5. The van der Waals surface area contributed by atoms with Gasteiger partial charge in [-0.1, -0.05) is 12.1 Å². The van der Waals surface area contributed by atoms with Crippen LogP contribution >= 0.6 is 11.8 Å². The second kappa shape index (κ2) is 9.84. The summed E-state index contributed by atoms with van der Waals surface area (Å²) in [5.74, 6) is -1.99. The summed E-state index contributed by atoms with van der Waals surface area (Å²) in [7, 11) is 0. The molecule has 5 nitrogen and oxygen atoms in total. The number of amides is 1. The molecule has 0 bridgehead atoms. The number of benzene rings is 1. The van der Waals surface area contributed by atoms with E-state index in [0.29, 0.717) is 31.5 Å². The zero-order valence-corrected chi connectivity index (χ0v) is 16.5. The summed E-state index contributed by atoms with van der Waals surface area (Å²) < 4.78 is 30.9. The third-order valence-electron chi connectivity index (χ3n) is 4.50. The molecule has 1 aliphatic rings. The van der Waals surface area contributed by atoms with Gasteiger partial charge in [-0.2, -0.15) is 8.78 Å². The van der Waals surface area contributed by atoms with E-state index >= 15 is 0 Å². The number of carbonyl (C=O) groups is 1. The Labute approximate surface area is 167 Å². The number of halogens is 2. The van der Waals surface area contributed by atoms with E-state index in [0.717, 1.165) is 25.4 Å². The van der Waals surface area contributed by atoms with Gasteiger partial charge in [0, 0.05) is 38.9 Å². The van der Waals surface area contributed by atoms with Crippen LogP contribution in [0, 0.1) is 0 Å². The van der Waals surface area contributed by atoms with Crippen LogP contribution < -0.4 is 4.74 Å². The van der Waals surface area contributed by atoms with E-state index < -0.39 is 5.76 Å². The molecule has 1 aromatic carbocycles. The van der Waals surface area contributed by atoms with Crippen LogP contribution in [-0.4, -0.2) is 59.2 Å². The van der Waals surface area contributed by atoms with Crippen molar-refractivity contribution in [1.82, 2.24) is 14.8 Å². The van der Waals surface area contributed by atoms with Crippen LogP contribution in [-0.2, 0) is 6.54 Å². The quantitative estimate of drug-likeness (QED) is 0.654. The molecular formula is C20H23F2N3O2S. The number of nitrogens with zero attached hydrogens (tertiary/aromatic N) is 3. The number of piperazine rings is 1. The van der Waals surface area contributed by atoms with Crippen LogP contribution in [0.3, 0.4) is 0 Å². The normalized spacial score (nSPS) is 15.1. The van der Waals surface area contributed by atoms with Crippen molar-refractivity contribution in [3.63, 3.8) is 0 Å². The lowest BCUT2D eigenvalue weighted by Gasteiger charge is -2.35. The number of alkyl halides is 2. The first-order valence-electron chi connectivity index (χ1n) is 9.20. The molecule has 150 valence electrons. The highest BCUT2D eigenvalue weighted by Gasteiger charge is 2.25. The SMILES string of the molecule is CCOc1ccc(CN2CCN(C(=O)c3cccnc3SC(F)F)CC2)cc1. The van der Waals surface area contributed by atoms with Gasteiger partial charge in [0.05, 0.1) is 12.2 Å². The molecule has 28 heavy (non-hydrogen) atoms. The highest BCUT2D eigenvalue weighted by atomic mass is 32.2. The number of ether oxygens (including phenoxy) is 1. The van der Waals surface area contributed by atoms with E-state index in [2.05, 4.69) is 9.88 Å². The highest BCUT2D eigenvalue weighted by Crippen LogP contribution is 2.27. The molecule has 1 aromatic heterocycles. The van der Waals surface area contributed by atoms with E-state index in [1.54, 1.807) is 17.0 Å². The molecule has 1 saturated heterocycles. The lowest BCUT2D eigenvalue weighted by molar-refractivity contribution is 0.0624. The van der Waals surface area contributed by atoms with Crippen molar-refractivity contribution in [2.75, 3.05) is 32.8 Å².